The van der Waals surface area contributed by atoms with Crippen LogP contribution in [-0.4, -0.2) is 11.1 Å². The van der Waals surface area contributed by atoms with Crippen molar-refractivity contribution in [3.8, 4) is 0 Å². The molecular formula is C12H11F3O2. The molecule has 0 fully saturated rings. The van der Waals surface area contributed by atoms with Gasteiger partial charge in [-0.1, -0.05) is 24.3 Å². The van der Waals surface area contributed by atoms with Gasteiger partial charge >= 0.3 is 12.1 Å². The number of allylic oxidation sites excluding steroid dienone is 1. The van der Waals surface area contributed by atoms with Gasteiger partial charge in [0.1, 0.15) is 0 Å². The van der Waals surface area contributed by atoms with E-state index < -0.39 is 17.7 Å². The van der Waals surface area contributed by atoms with E-state index >= 15 is 0 Å². The highest BCUT2D eigenvalue weighted by atomic mass is 19.4. The van der Waals surface area contributed by atoms with E-state index in [2.05, 4.69) is 0 Å². The predicted octanol–water partition coefficient (Wildman–Crippen LogP) is 3.58. The zero-order valence-electron chi connectivity index (χ0n) is 8.87. The Morgan fingerprint density at radius 1 is 1.35 bits per heavy atom. The number of benzene rings is 1. The van der Waals surface area contributed by atoms with Crippen molar-refractivity contribution in [2.45, 2.75) is 19.0 Å². The van der Waals surface area contributed by atoms with Crippen LogP contribution in [0.5, 0.6) is 0 Å². The first-order chi connectivity index (χ1) is 7.89. The Bertz CT molecular complexity index is 422. The van der Waals surface area contributed by atoms with Gasteiger partial charge in [-0.25, -0.2) is 0 Å². The summed E-state index contributed by atoms with van der Waals surface area (Å²) < 4.78 is 37.1. The van der Waals surface area contributed by atoms with Crippen LogP contribution < -0.4 is 0 Å². The first-order valence-corrected chi connectivity index (χ1v) is 4.95. The van der Waals surface area contributed by atoms with Gasteiger partial charge in [-0.15, -0.1) is 0 Å². The number of rotatable bonds is 4. The van der Waals surface area contributed by atoms with Crippen molar-refractivity contribution in [3.63, 3.8) is 0 Å². The molecule has 2 nitrogen and oxygen atoms in total. The van der Waals surface area contributed by atoms with Crippen LogP contribution in [0.15, 0.2) is 30.3 Å². The van der Waals surface area contributed by atoms with Gasteiger partial charge in [0.2, 0.25) is 0 Å². The van der Waals surface area contributed by atoms with E-state index in [1.807, 2.05) is 0 Å². The standard InChI is InChI=1S/C12H11F3O2/c13-12(14,15)10-6-3-5-9(8-10)4-1-2-7-11(16)17/h1,3-6,8H,2,7H2,(H,16,17). The molecule has 17 heavy (non-hydrogen) atoms. The van der Waals surface area contributed by atoms with Crippen molar-refractivity contribution < 1.29 is 23.1 Å². The van der Waals surface area contributed by atoms with Crippen LogP contribution in [0.3, 0.4) is 0 Å². The second-order valence-corrected chi connectivity index (χ2v) is 3.46. The first kappa shape index (κ1) is 13.3. The Morgan fingerprint density at radius 3 is 2.65 bits per heavy atom. The summed E-state index contributed by atoms with van der Waals surface area (Å²) in [5, 5.41) is 8.38. The highest BCUT2D eigenvalue weighted by Gasteiger charge is 2.30. The number of carboxylic acid groups (broad SMARTS) is 1. The summed E-state index contributed by atoms with van der Waals surface area (Å²) >= 11 is 0. The number of hydrogen-bond acceptors (Lipinski definition) is 1. The van der Waals surface area contributed by atoms with Gasteiger partial charge in [-0.05, 0) is 24.1 Å². The van der Waals surface area contributed by atoms with Crippen LogP contribution in [0.4, 0.5) is 13.2 Å². The van der Waals surface area contributed by atoms with E-state index in [0.29, 0.717) is 12.0 Å². The van der Waals surface area contributed by atoms with Crippen molar-refractivity contribution >= 4 is 12.0 Å². The van der Waals surface area contributed by atoms with Crippen molar-refractivity contribution in [3.05, 3.63) is 41.5 Å². The number of halogens is 3. The lowest BCUT2D eigenvalue weighted by Gasteiger charge is -2.06. The Kier molecular flexibility index (Phi) is 4.31. The molecule has 1 aromatic carbocycles. The quantitative estimate of drug-likeness (QED) is 0.878. The molecular weight excluding hydrogens is 233 g/mol. The molecule has 0 aliphatic heterocycles. The molecule has 0 bridgehead atoms. The summed E-state index contributed by atoms with van der Waals surface area (Å²) in [6.07, 6.45) is -1.06. The average molecular weight is 244 g/mol. The van der Waals surface area contributed by atoms with E-state index in [0.717, 1.165) is 12.1 Å². The Morgan fingerprint density at radius 2 is 2.06 bits per heavy atom. The Balaban J connectivity index is 2.69. The molecule has 0 saturated carbocycles. The summed E-state index contributed by atoms with van der Waals surface area (Å²) in [5.41, 5.74) is -0.303. The molecule has 92 valence electrons. The van der Waals surface area contributed by atoms with Crippen LogP contribution in [0, 0.1) is 0 Å². The van der Waals surface area contributed by atoms with Gasteiger partial charge in [0, 0.05) is 6.42 Å². The predicted molar refractivity (Wildman–Crippen MR) is 57.3 cm³/mol. The highest BCUT2D eigenvalue weighted by Crippen LogP contribution is 2.29. The highest BCUT2D eigenvalue weighted by molar-refractivity contribution is 5.67. The molecule has 0 aliphatic rings. The Hall–Kier alpha value is -1.78. The maximum absolute atomic E-state index is 12.4. The first-order valence-electron chi connectivity index (χ1n) is 4.95. The molecule has 0 aromatic heterocycles. The molecule has 1 aromatic rings. The maximum atomic E-state index is 12.4. The van der Waals surface area contributed by atoms with Crippen LogP contribution in [0.1, 0.15) is 24.0 Å². The molecule has 0 radical (unpaired) electrons. The van der Waals surface area contributed by atoms with E-state index in [-0.39, 0.29) is 6.42 Å². The summed E-state index contributed by atoms with van der Waals surface area (Å²) in [7, 11) is 0. The fourth-order valence-corrected chi connectivity index (χ4v) is 1.24. The maximum Gasteiger partial charge on any atom is 0.416 e. The molecule has 0 spiro atoms. The largest absolute Gasteiger partial charge is 0.481 e. The summed E-state index contributed by atoms with van der Waals surface area (Å²) in [4.78, 5) is 10.2. The van der Waals surface area contributed by atoms with Crippen molar-refractivity contribution in [2.75, 3.05) is 0 Å². The van der Waals surface area contributed by atoms with Crippen LogP contribution in [0.2, 0.25) is 0 Å². The molecule has 0 atom stereocenters. The van der Waals surface area contributed by atoms with Crippen LogP contribution >= 0.6 is 0 Å². The minimum absolute atomic E-state index is 0.0323. The number of aliphatic carboxylic acids is 1. The fourth-order valence-electron chi connectivity index (χ4n) is 1.24. The van der Waals surface area contributed by atoms with E-state index in [1.165, 1.54) is 18.2 Å². The van der Waals surface area contributed by atoms with Crippen molar-refractivity contribution in [2.24, 2.45) is 0 Å². The smallest absolute Gasteiger partial charge is 0.416 e. The van der Waals surface area contributed by atoms with Gasteiger partial charge < -0.3 is 5.11 Å². The minimum atomic E-state index is -4.36. The van der Waals surface area contributed by atoms with Crippen LogP contribution in [0.25, 0.3) is 6.08 Å². The number of alkyl halides is 3. The van der Waals surface area contributed by atoms with Gasteiger partial charge in [0.15, 0.2) is 0 Å². The number of carboxylic acids is 1. The molecule has 0 heterocycles. The van der Waals surface area contributed by atoms with Gasteiger partial charge in [-0.2, -0.15) is 13.2 Å². The van der Waals surface area contributed by atoms with Crippen molar-refractivity contribution in [1.29, 1.82) is 0 Å². The SMILES string of the molecule is O=C(O)CCC=Cc1cccc(C(F)(F)F)c1. The third-order valence-electron chi connectivity index (χ3n) is 2.05. The van der Waals surface area contributed by atoms with Crippen molar-refractivity contribution in [1.82, 2.24) is 0 Å². The molecule has 1 rings (SSSR count). The lowest BCUT2D eigenvalue weighted by Crippen LogP contribution is -2.04. The monoisotopic (exact) mass is 244 g/mol. The second kappa shape index (κ2) is 5.52. The number of carbonyl (C=O) groups is 1. The summed E-state index contributed by atoms with van der Waals surface area (Å²) in [6, 6.07) is 4.87. The minimum Gasteiger partial charge on any atom is -0.481 e. The van der Waals surface area contributed by atoms with E-state index in [9.17, 15) is 18.0 Å². The van der Waals surface area contributed by atoms with Gasteiger partial charge in [-0.3, -0.25) is 4.79 Å². The average Bonchev–Trinajstić information content (AvgIpc) is 2.23. The zero-order chi connectivity index (χ0) is 12.9. The molecule has 0 aliphatic carbocycles. The Labute approximate surface area is 96.4 Å². The third-order valence-corrected chi connectivity index (χ3v) is 2.05. The van der Waals surface area contributed by atoms with Gasteiger partial charge in [0.05, 0.1) is 5.56 Å². The summed E-state index contributed by atoms with van der Waals surface area (Å²) in [6.45, 7) is 0. The topological polar surface area (TPSA) is 37.3 Å². The molecule has 1 N–H and O–H groups in total. The fraction of sp³-hybridized carbons (Fsp3) is 0.250. The normalized spacial score (nSPS) is 11.9. The zero-order valence-corrected chi connectivity index (χ0v) is 8.87. The lowest BCUT2D eigenvalue weighted by molar-refractivity contribution is -0.138. The molecule has 0 amide bonds. The molecule has 0 unspecified atom stereocenters. The second-order valence-electron chi connectivity index (χ2n) is 3.46. The van der Waals surface area contributed by atoms with Gasteiger partial charge in [0.25, 0.3) is 0 Å². The molecule has 5 heteroatoms. The van der Waals surface area contributed by atoms with E-state index in [4.69, 9.17) is 5.11 Å². The lowest BCUT2D eigenvalue weighted by atomic mass is 10.1. The summed E-state index contributed by atoms with van der Waals surface area (Å²) in [5.74, 6) is -0.932. The third kappa shape index (κ3) is 4.72. The van der Waals surface area contributed by atoms with E-state index in [1.54, 1.807) is 6.08 Å². The van der Waals surface area contributed by atoms with Crippen LogP contribution in [-0.2, 0) is 11.0 Å². The number of hydrogen-bond donors (Lipinski definition) is 1. The molecule has 0 saturated heterocycles.